The number of carbonyl (C=O) groups is 1. The Morgan fingerprint density at radius 3 is 2.54 bits per heavy atom. The fourth-order valence-electron chi connectivity index (χ4n) is 2.39. The molecule has 0 spiro atoms. The van der Waals surface area contributed by atoms with Crippen molar-refractivity contribution < 1.29 is 14.4 Å². The van der Waals surface area contributed by atoms with E-state index < -0.39 is 0 Å². The average Bonchev–Trinajstić information content (AvgIpc) is 2.71. The Labute approximate surface area is 163 Å². The number of methoxy groups -OCH3 is 1. The van der Waals surface area contributed by atoms with Crippen LogP contribution in [0.5, 0.6) is 5.75 Å². The van der Waals surface area contributed by atoms with E-state index in [-0.39, 0.29) is 5.91 Å². The summed E-state index contributed by atoms with van der Waals surface area (Å²) in [5.74, 6) is 0.979. The Morgan fingerprint density at radius 1 is 1.18 bits per heavy atom. The highest BCUT2D eigenvalue weighted by Gasteiger charge is 2.09. The number of hydrogen-bond donors (Lipinski definition) is 2. The topological polar surface area (TPSA) is 124 Å². The number of ether oxygens (including phenoxy) is 1. The molecule has 1 amide bonds. The van der Waals surface area contributed by atoms with E-state index in [0.717, 1.165) is 11.1 Å². The van der Waals surface area contributed by atoms with Crippen molar-refractivity contribution in [2.24, 2.45) is 15.7 Å². The molecule has 0 saturated carbocycles. The summed E-state index contributed by atoms with van der Waals surface area (Å²) in [7, 11) is 4.62. The molecule has 0 fully saturated rings. The Hall–Kier alpha value is -3.33. The zero-order chi connectivity index (χ0) is 20.4. The van der Waals surface area contributed by atoms with Gasteiger partial charge in [0.1, 0.15) is 11.6 Å². The molecule has 0 unspecified atom stereocenters. The summed E-state index contributed by atoms with van der Waals surface area (Å²) in [6, 6.07) is 5.34. The van der Waals surface area contributed by atoms with Crippen molar-refractivity contribution in [2.45, 2.75) is 19.3 Å². The molecule has 1 aromatic carbocycles. The van der Waals surface area contributed by atoms with Crippen LogP contribution >= 0.6 is 0 Å². The van der Waals surface area contributed by atoms with Crippen LogP contribution in [0.1, 0.15) is 27.9 Å². The molecule has 0 atom stereocenters. The molecule has 9 heteroatoms. The first-order chi connectivity index (χ1) is 13.5. The van der Waals surface area contributed by atoms with Gasteiger partial charge in [-0.15, -0.1) is 0 Å². The summed E-state index contributed by atoms with van der Waals surface area (Å²) < 4.78 is 5.28. The zero-order valence-corrected chi connectivity index (χ0v) is 16.2. The lowest BCUT2D eigenvalue weighted by molar-refractivity contribution is 0.0537. The molecule has 0 bridgehead atoms. The molecule has 0 aliphatic rings. The number of benzene rings is 1. The van der Waals surface area contributed by atoms with Crippen LogP contribution < -0.4 is 16.0 Å². The monoisotopic (exact) mass is 384 g/mol. The number of aryl methyl sites for hydroxylation is 2. The molecule has 2 aromatic rings. The SMILES string of the molecule is CN=CCC(N)=Nc1ncc(CCc2cc(OC)cc(C(=O)NOC)c2)cn1. The van der Waals surface area contributed by atoms with Crippen LogP contribution in [0.15, 0.2) is 40.6 Å². The van der Waals surface area contributed by atoms with Crippen LogP contribution in [0.25, 0.3) is 0 Å². The van der Waals surface area contributed by atoms with Crippen molar-refractivity contribution >= 4 is 23.9 Å². The smallest absolute Gasteiger partial charge is 0.274 e. The largest absolute Gasteiger partial charge is 0.497 e. The van der Waals surface area contributed by atoms with E-state index in [1.165, 1.54) is 7.11 Å². The van der Waals surface area contributed by atoms with E-state index in [1.54, 1.807) is 44.9 Å². The van der Waals surface area contributed by atoms with Crippen molar-refractivity contribution in [3.8, 4) is 5.75 Å². The standard InChI is InChI=1S/C19H24N6O3/c1-21-7-6-17(20)24-19-22-11-14(12-23-19)5-4-13-8-15(18(26)25-28-3)10-16(9-13)27-2/h7-12H,4-6H2,1-3H3,(H,25,26)(H2,20,22,23,24). The molecule has 28 heavy (non-hydrogen) atoms. The number of nitrogens with two attached hydrogens (primary N) is 1. The third kappa shape index (κ3) is 6.44. The minimum Gasteiger partial charge on any atom is -0.497 e. The Bertz CT molecular complexity index is 849. The highest BCUT2D eigenvalue weighted by atomic mass is 16.6. The van der Waals surface area contributed by atoms with Gasteiger partial charge in [0.25, 0.3) is 11.9 Å². The molecular formula is C19H24N6O3. The van der Waals surface area contributed by atoms with E-state index in [0.29, 0.717) is 42.4 Å². The second-order valence-corrected chi connectivity index (χ2v) is 5.84. The predicted molar refractivity (Wildman–Crippen MR) is 107 cm³/mol. The minimum atomic E-state index is -0.334. The maximum absolute atomic E-state index is 12.0. The number of nitrogens with zero attached hydrogens (tertiary/aromatic N) is 4. The van der Waals surface area contributed by atoms with Crippen molar-refractivity contribution in [1.82, 2.24) is 15.4 Å². The van der Waals surface area contributed by atoms with Gasteiger partial charge in [-0.3, -0.25) is 9.63 Å². The van der Waals surface area contributed by atoms with Crippen molar-refractivity contribution in [3.05, 3.63) is 47.3 Å². The number of rotatable bonds is 9. The molecule has 2 rings (SSSR count). The van der Waals surface area contributed by atoms with Crippen molar-refractivity contribution in [2.75, 3.05) is 21.3 Å². The van der Waals surface area contributed by atoms with E-state index in [1.807, 2.05) is 6.07 Å². The first-order valence-electron chi connectivity index (χ1n) is 8.61. The predicted octanol–water partition coefficient (Wildman–Crippen LogP) is 1.64. The van der Waals surface area contributed by atoms with Gasteiger partial charge in [-0.25, -0.2) is 15.4 Å². The number of aliphatic imine (C=N–C) groups is 2. The molecule has 0 aliphatic carbocycles. The summed E-state index contributed by atoms with van der Waals surface area (Å²) in [6.07, 6.45) is 6.93. The first-order valence-corrected chi connectivity index (χ1v) is 8.61. The number of hydrogen-bond acceptors (Lipinski definition) is 7. The van der Waals surface area contributed by atoms with Gasteiger partial charge in [-0.05, 0) is 42.2 Å². The fourth-order valence-corrected chi connectivity index (χ4v) is 2.39. The lowest BCUT2D eigenvalue weighted by Crippen LogP contribution is -2.22. The molecule has 0 aliphatic heterocycles. The minimum absolute atomic E-state index is 0.311. The molecule has 148 valence electrons. The molecule has 9 nitrogen and oxygen atoms in total. The normalized spacial score (nSPS) is 11.6. The third-order valence-electron chi connectivity index (χ3n) is 3.78. The molecular weight excluding hydrogens is 360 g/mol. The summed E-state index contributed by atoms with van der Waals surface area (Å²) in [5, 5.41) is 0. The Kier molecular flexibility index (Phi) is 8.04. The van der Waals surface area contributed by atoms with Crippen LogP contribution in [0, 0.1) is 0 Å². The van der Waals surface area contributed by atoms with E-state index in [2.05, 4.69) is 30.3 Å². The summed E-state index contributed by atoms with van der Waals surface area (Å²) in [6.45, 7) is 0. The van der Waals surface area contributed by atoms with Gasteiger partial charge in [0, 0.05) is 37.6 Å². The number of aromatic nitrogens is 2. The Morgan fingerprint density at radius 2 is 1.89 bits per heavy atom. The zero-order valence-electron chi connectivity index (χ0n) is 16.2. The highest BCUT2D eigenvalue weighted by molar-refractivity contribution is 5.94. The molecule has 0 radical (unpaired) electrons. The number of amides is 1. The maximum atomic E-state index is 12.0. The summed E-state index contributed by atoms with van der Waals surface area (Å²) >= 11 is 0. The van der Waals surface area contributed by atoms with Gasteiger partial charge < -0.3 is 15.5 Å². The van der Waals surface area contributed by atoms with Gasteiger partial charge in [0.05, 0.1) is 14.2 Å². The number of amidine groups is 1. The van der Waals surface area contributed by atoms with Gasteiger partial charge in [-0.2, -0.15) is 4.99 Å². The summed E-state index contributed by atoms with van der Waals surface area (Å²) in [5.41, 5.74) is 10.4. The third-order valence-corrected chi connectivity index (χ3v) is 3.78. The lowest BCUT2D eigenvalue weighted by atomic mass is 10.0. The quantitative estimate of drug-likeness (QED) is 0.385. The lowest BCUT2D eigenvalue weighted by Gasteiger charge is -2.09. The molecule has 1 heterocycles. The van der Waals surface area contributed by atoms with Crippen LogP contribution in [-0.2, 0) is 17.7 Å². The molecule has 3 N–H and O–H groups in total. The van der Waals surface area contributed by atoms with Crippen LogP contribution in [-0.4, -0.2) is 49.2 Å². The van der Waals surface area contributed by atoms with E-state index in [9.17, 15) is 4.79 Å². The number of carbonyl (C=O) groups excluding carboxylic acids is 1. The van der Waals surface area contributed by atoms with Crippen molar-refractivity contribution in [3.63, 3.8) is 0 Å². The second-order valence-electron chi connectivity index (χ2n) is 5.84. The van der Waals surface area contributed by atoms with Crippen LogP contribution in [0.4, 0.5) is 5.95 Å². The first kappa shape index (κ1) is 21.0. The van der Waals surface area contributed by atoms with E-state index in [4.69, 9.17) is 10.5 Å². The number of hydroxylamine groups is 1. The van der Waals surface area contributed by atoms with Gasteiger partial charge in [0.2, 0.25) is 0 Å². The maximum Gasteiger partial charge on any atom is 0.274 e. The number of nitrogens with one attached hydrogen (secondary N) is 1. The van der Waals surface area contributed by atoms with Crippen LogP contribution in [0.3, 0.4) is 0 Å². The van der Waals surface area contributed by atoms with Gasteiger partial charge in [0.15, 0.2) is 0 Å². The second kappa shape index (κ2) is 10.7. The van der Waals surface area contributed by atoms with Gasteiger partial charge >= 0.3 is 0 Å². The molecule has 1 aromatic heterocycles. The fraction of sp³-hybridized carbons (Fsp3) is 0.316. The van der Waals surface area contributed by atoms with Gasteiger partial charge in [-0.1, -0.05) is 0 Å². The molecule has 0 saturated heterocycles. The Balaban J connectivity index is 2.05. The van der Waals surface area contributed by atoms with Crippen molar-refractivity contribution in [1.29, 1.82) is 0 Å². The van der Waals surface area contributed by atoms with Crippen LogP contribution in [0.2, 0.25) is 0 Å². The highest BCUT2D eigenvalue weighted by Crippen LogP contribution is 2.19. The average molecular weight is 384 g/mol. The van der Waals surface area contributed by atoms with E-state index >= 15 is 0 Å². The summed E-state index contributed by atoms with van der Waals surface area (Å²) in [4.78, 5) is 33.1.